The Morgan fingerprint density at radius 1 is 0.935 bits per heavy atom. The van der Waals surface area contributed by atoms with E-state index in [1.807, 2.05) is 30.3 Å². The van der Waals surface area contributed by atoms with Gasteiger partial charge in [-0.05, 0) is 17.7 Å². The molecule has 31 heavy (non-hydrogen) atoms. The number of fused-ring (bicyclic) bond motifs is 1. The Morgan fingerprint density at radius 2 is 1.58 bits per heavy atom. The van der Waals surface area contributed by atoms with Crippen LogP contribution < -0.4 is 5.73 Å². The van der Waals surface area contributed by atoms with Crippen molar-refractivity contribution < 1.29 is 13.0 Å². The fourth-order valence-electron chi connectivity index (χ4n) is 3.07. The molecule has 152 valence electrons. The normalized spacial score (nSPS) is 11.5. The number of hydrogen-bond acceptors (Lipinski definition) is 6. The van der Waals surface area contributed by atoms with Crippen molar-refractivity contribution in [2.45, 2.75) is 4.90 Å². The fourth-order valence-corrected chi connectivity index (χ4v) is 4.00. The summed E-state index contributed by atoms with van der Waals surface area (Å²) < 4.78 is 33.3. The third-order valence-electron chi connectivity index (χ3n) is 4.49. The molecular formula is C21H16ClN4NaO3S. The second kappa shape index (κ2) is 9.44. The van der Waals surface area contributed by atoms with Gasteiger partial charge in [-0.15, -0.1) is 10.2 Å². The molecule has 1 aromatic heterocycles. The van der Waals surface area contributed by atoms with E-state index in [1.165, 1.54) is 12.3 Å². The van der Waals surface area contributed by atoms with Crippen molar-refractivity contribution in [2.24, 2.45) is 10.2 Å². The van der Waals surface area contributed by atoms with E-state index >= 15 is 0 Å². The maximum absolute atomic E-state index is 11.8. The Balaban J connectivity index is 0.00000272. The van der Waals surface area contributed by atoms with Gasteiger partial charge in [0.1, 0.15) is 21.4 Å². The van der Waals surface area contributed by atoms with Crippen LogP contribution in [0.1, 0.15) is 0 Å². The van der Waals surface area contributed by atoms with Crippen LogP contribution in [0.4, 0.5) is 17.1 Å². The Bertz CT molecular complexity index is 1400. The van der Waals surface area contributed by atoms with E-state index in [0.29, 0.717) is 27.2 Å². The summed E-state index contributed by atoms with van der Waals surface area (Å²) in [5.41, 5.74) is 8.47. The van der Waals surface area contributed by atoms with E-state index in [1.54, 1.807) is 30.3 Å². The van der Waals surface area contributed by atoms with Gasteiger partial charge in [-0.3, -0.25) is 4.55 Å². The van der Waals surface area contributed by atoms with E-state index in [-0.39, 0.29) is 45.8 Å². The second-order valence-corrected chi connectivity index (χ2v) is 8.17. The molecule has 3 aromatic carbocycles. The third kappa shape index (κ3) is 4.95. The summed E-state index contributed by atoms with van der Waals surface area (Å²) in [6.07, 6.45) is 1.44. The molecule has 0 saturated heterocycles. The molecule has 0 aliphatic rings. The molecule has 0 bridgehead atoms. The molecule has 10 heteroatoms. The van der Waals surface area contributed by atoms with Gasteiger partial charge in [0.25, 0.3) is 10.1 Å². The third-order valence-corrected chi connectivity index (χ3v) is 5.68. The molecule has 4 rings (SSSR count). The minimum atomic E-state index is -4.49. The fraction of sp³-hybridized carbons (Fsp3) is 0. The first-order valence-electron chi connectivity index (χ1n) is 8.76. The predicted octanol–water partition coefficient (Wildman–Crippen LogP) is 5.15. The van der Waals surface area contributed by atoms with E-state index in [4.69, 9.17) is 17.3 Å². The van der Waals surface area contributed by atoms with Crippen LogP contribution in [0.25, 0.3) is 21.9 Å². The number of hydrogen-bond donors (Lipinski definition) is 2. The van der Waals surface area contributed by atoms with Gasteiger partial charge in [0.05, 0.1) is 11.9 Å². The van der Waals surface area contributed by atoms with Crippen LogP contribution in [0.5, 0.6) is 0 Å². The van der Waals surface area contributed by atoms with Crippen molar-refractivity contribution in [3.63, 3.8) is 0 Å². The maximum atomic E-state index is 11.8. The first-order valence-corrected chi connectivity index (χ1v) is 10.6. The van der Waals surface area contributed by atoms with Crippen LogP contribution in [0.15, 0.2) is 88.1 Å². The molecule has 7 nitrogen and oxygen atoms in total. The Hall–Kier alpha value is -2.33. The number of nitrogen functional groups attached to an aromatic ring is 1. The quantitative estimate of drug-likeness (QED) is 0.143. The van der Waals surface area contributed by atoms with Gasteiger partial charge in [0.2, 0.25) is 0 Å². The molecule has 0 spiro atoms. The zero-order chi connectivity index (χ0) is 21.3. The van der Waals surface area contributed by atoms with Crippen molar-refractivity contribution >= 4 is 79.1 Å². The first kappa shape index (κ1) is 23.3. The molecule has 0 saturated carbocycles. The van der Waals surface area contributed by atoms with E-state index in [0.717, 1.165) is 5.56 Å². The Kier molecular flexibility index (Phi) is 7.10. The molecular weight excluding hydrogens is 447 g/mol. The van der Waals surface area contributed by atoms with Crippen LogP contribution in [0.2, 0.25) is 5.15 Å². The monoisotopic (exact) mass is 462 g/mol. The molecule has 0 atom stereocenters. The van der Waals surface area contributed by atoms with E-state index in [9.17, 15) is 13.0 Å². The summed E-state index contributed by atoms with van der Waals surface area (Å²) in [5, 5.41) is 9.31. The van der Waals surface area contributed by atoms with Crippen LogP contribution >= 0.6 is 11.6 Å². The minimum absolute atomic E-state index is 0. The number of nitrogens with two attached hydrogens (primary N) is 1. The average molecular weight is 463 g/mol. The van der Waals surface area contributed by atoms with E-state index in [2.05, 4.69) is 15.2 Å². The molecule has 0 aliphatic heterocycles. The molecule has 0 fully saturated rings. The van der Waals surface area contributed by atoms with Crippen LogP contribution in [0.3, 0.4) is 0 Å². The van der Waals surface area contributed by atoms with Crippen molar-refractivity contribution in [3.05, 3.63) is 78.1 Å². The van der Waals surface area contributed by atoms with Crippen molar-refractivity contribution in [1.82, 2.24) is 4.98 Å². The number of anilines is 1. The Morgan fingerprint density at radius 3 is 2.26 bits per heavy atom. The number of aromatic nitrogens is 1. The van der Waals surface area contributed by atoms with Crippen LogP contribution in [0, 0.1) is 0 Å². The molecule has 1 heterocycles. The van der Waals surface area contributed by atoms with Gasteiger partial charge in [-0.1, -0.05) is 66.2 Å². The van der Waals surface area contributed by atoms with Crippen molar-refractivity contribution in [3.8, 4) is 11.1 Å². The first-order chi connectivity index (χ1) is 14.3. The van der Waals surface area contributed by atoms with Gasteiger partial charge in [0, 0.05) is 16.3 Å². The van der Waals surface area contributed by atoms with Crippen LogP contribution in [-0.4, -0.2) is 47.5 Å². The number of benzene rings is 3. The van der Waals surface area contributed by atoms with Crippen molar-refractivity contribution in [1.29, 1.82) is 0 Å². The second-order valence-electron chi connectivity index (χ2n) is 6.43. The van der Waals surface area contributed by atoms with Gasteiger partial charge in [0.15, 0.2) is 0 Å². The van der Waals surface area contributed by atoms with Crippen LogP contribution in [-0.2, 0) is 10.1 Å². The summed E-state index contributed by atoms with van der Waals surface area (Å²) in [6, 6.07) is 18.9. The van der Waals surface area contributed by atoms with E-state index < -0.39 is 10.1 Å². The standard InChI is InChI=1S/C21H15ClN4O3S.Na.H/c22-21-17(13-6-2-1-3-7-13)10-14(12-24-21)25-26-18-11-19(30(27,28)29)15-8-4-5-9-16(15)20(18)23;;/h1-12H,23H2,(H,27,28,29);;/b26-25+;;. The molecule has 0 radical (unpaired) electrons. The average Bonchev–Trinajstić information content (AvgIpc) is 2.74. The van der Waals surface area contributed by atoms with Gasteiger partial charge in [-0.2, -0.15) is 8.42 Å². The molecule has 0 unspecified atom stereocenters. The number of pyridine rings is 1. The molecule has 4 aromatic rings. The SMILES string of the molecule is Nc1c(/N=N/c2cnc(Cl)c(-c3ccccc3)c2)cc(S(=O)(=O)O)c2ccccc12.[NaH]. The van der Waals surface area contributed by atoms with Gasteiger partial charge >= 0.3 is 29.6 Å². The molecule has 3 N–H and O–H groups in total. The summed E-state index contributed by atoms with van der Waals surface area (Å²) >= 11 is 6.21. The topological polar surface area (TPSA) is 118 Å². The summed E-state index contributed by atoms with van der Waals surface area (Å²) in [5.74, 6) is 0. The zero-order valence-electron chi connectivity index (χ0n) is 15.4. The number of halogens is 1. The number of rotatable bonds is 4. The van der Waals surface area contributed by atoms with Gasteiger partial charge < -0.3 is 5.73 Å². The number of azo groups is 1. The van der Waals surface area contributed by atoms with Gasteiger partial charge in [-0.25, -0.2) is 4.98 Å². The summed E-state index contributed by atoms with van der Waals surface area (Å²) in [6.45, 7) is 0. The predicted molar refractivity (Wildman–Crippen MR) is 124 cm³/mol. The zero-order valence-corrected chi connectivity index (χ0v) is 17.0. The summed E-state index contributed by atoms with van der Waals surface area (Å²) in [7, 11) is -4.49. The van der Waals surface area contributed by atoms with Crippen molar-refractivity contribution in [2.75, 3.05) is 5.73 Å². The summed E-state index contributed by atoms with van der Waals surface area (Å²) in [4.78, 5) is 3.85. The number of nitrogens with zero attached hydrogens (tertiary/aromatic N) is 3. The molecule has 0 aliphatic carbocycles. The molecule has 0 amide bonds. The Labute approximate surface area is 206 Å².